The number of hydrogen-bond acceptors (Lipinski definition) is 6. The summed E-state index contributed by atoms with van der Waals surface area (Å²) in [5, 5.41) is 13.5. The van der Waals surface area contributed by atoms with E-state index in [-0.39, 0.29) is 17.9 Å². The summed E-state index contributed by atoms with van der Waals surface area (Å²) in [7, 11) is 2.17. The second-order valence-corrected chi connectivity index (χ2v) is 10.8. The average Bonchev–Trinajstić information content (AvgIpc) is 3.31. The minimum atomic E-state index is -1.06. The molecule has 1 saturated heterocycles. The van der Waals surface area contributed by atoms with Gasteiger partial charge in [-0.05, 0) is 86.4 Å². The average molecular weight is 550 g/mol. The molecular weight excluding hydrogens is 517 g/mol. The fraction of sp³-hybridized carbons (Fsp3) is 0.242. The second-order valence-electron chi connectivity index (χ2n) is 10.8. The molecule has 0 spiro atoms. The van der Waals surface area contributed by atoms with Gasteiger partial charge >= 0.3 is 0 Å². The van der Waals surface area contributed by atoms with E-state index < -0.39 is 17.8 Å². The molecule has 4 aromatic rings. The molecule has 0 saturated carbocycles. The highest BCUT2D eigenvalue weighted by Crippen LogP contribution is 2.42. The molecule has 208 valence electrons. The number of rotatable bonds is 6. The summed E-state index contributed by atoms with van der Waals surface area (Å²) in [6, 6.07) is 18.4. The van der Waals surface area contributed by atoms with Crippen molar-refractivity contribution in [3.63, 3.8) is 0 Å². The third-order valence-electron chi connectivity index (χ3n) is 8.14. The third kappa shape index (κ3) is 5.43. The van der Waals surface area contributed by atoms with Crippen LogP contribution in [0.5, 0.6) is 5.75 Å². The van der Waals surface area contributed by atoms with Gasteiger partial charge in [0.2, 0.25) is 0 Å². The molecule has 8 heteroatoms. The number of nitrogens with one attached hydrogen (secondary N) is 1. The zero-order chi connectivity index (χ0) is 28.5. The molecule has 1 amide bonds. The third-order valence-corrected chi connectivity index (χ3v) is 8.14. The normalized spacial score (nSPS) is 16.4. The molecule has 0 radical (unpaired) electrons. The number of phenolic OH excluding ortho intramolecular Hbond substituents is 1. The van der Waals surface area contributed by atoms with Gasteiger partial charge in [0.1, 0.15) is 23.4 Å². The molecule has 1 atom stereocenters. The quantitative estimate of drug-likeness (QED) is 0.309. The smallest absolute Gasteiger partial charge is 0.253 e. The monoisotopic (exact) mass is 549 g/mol. The Balaban J connectivity index is 1.28. The van der Waals surface area contributed by atoms with Crippen molar-refractivity contribution in [3.8, 4) is 16.9 Å². The molecule has 6 rings (SSSR count). The molecule has 2 aromatic carbocycles. The lowest BCUT2D eigenvalue weighted by Gasteiger charge is -2.30. The number of carbonyl (C=O) groups is 1. The number of anilines is 1. The van der Waals surface area contributed by atoms with Gasteiger partial charge in [-0.25, -0.2) is 9.37 Å². The van der Waals surface area contributed by atoms with Crippen LogP contribution >= 0.6 is 0 Å². The second kappa shape index (κ2) is 11.1. The maximum absolute atomic E-state index is 14.3. The Kier molecular flexibility index (Phi) is 7.24. The molecule has 2 aliphatic heterocycles. The van der Waals surface area contributed by atoms with Gasteiger partial charge in [-0.1, -0.05) is 36.9 Å². The number of aromatic hydroxyl groups is 1. The summed E-state index contributed by atoms with van der Waals surface area (Å²) in [4.78, 5) is 26.7. The fourth-order valence-corrected chi connectivity index (χ4v) is 5.80. The predicted octanol–water partition coefficient (Wildman–Crippen LogP) is 5.96. The van der Waals surface area contributed by atoms with Crippen molar-refractivity contribution in [1.29, 1.82) is 0 Å². The van der Waals surface area contributed by atoms with E-state index in [1.165, 1.54) is 30.5 Å². The molecule has 0 bridgehead atoms. The van der Waals surface area contributed by atoms with Crippen molar-refractivity contribution < 1.29 is 14.3 Å². The first kappa shape index (κ1) is 26.7. The van der Waals surface area contributed by atoms with Gasteiger partial charge in [-0.15, -0.1) is 0 Å². The van der Waals surface area contributed by atoms with Gasteiger partial charge in [0.05, 0.1) is 12.2 Å². The van der Waals surface area contributed by atoms with Crippen LogP contribution in [0.2, 0.25) is 0 Å². The first-order valence-electron chi connectivity index (χ1n) is 13.8. The maximum Gasteiger partial charge on any atom is 0.253 e. The maximum atomic E-state index is 14.3. The summed E-state index contributed by atoms with van der Waals surface area (Å²) in [6.07, 6.45) is 5.74. The summed E-state index contributed by atoms with van der Waals surface area (Å²) in [5.74, 6) is -0.275. The number of fused-ring (bicyclic) bond motifs is 1. The van der Waals surface area contributed by atoms with E-state index in [1.807, 2.05) is 12.3 Å². The molecule has 2 aliphatic rings. The van der Waals surface area contributed by atoms with Gasteiger partial charge < -0.3 is 20.2 Å². The van der Waals surface area contributed by atoms with Crippen LogP contribution in [0.4, 0.5) is 10.2 Å². The first-order valence-corrected chi connectivity index (χ1v) is 13.8. The van der Waals surface area contributed by atoms with Crippen molar-refractivity contribution >= 4 is 17.4 Å². The van der Waals surface area contributed by atoms with E-state index in [0.29, 0.717) is 17.4 Å². The van der Waals surface area contributed by atoms with Gasteiger partial charge in [-0.3, -0.25) is 9.78 Å². The fourth-order valence-electron chi connectivity index (χ4n) is 5.80. The number of hydrogen-bond donors (Lipinski definition) is 2. The zero-order valence-corrected chi connectivity index (χ0v) is 22.9. The molecule has 2 N–H and O–H groups in total. The lowest BCUT2D eigenvalue weighted by atomic mass is 9.88. The van der Waals surface area contributed by atoms with E-state index in [2.05, 4.69) is 53.1 Å². The Morgan fingerprint density at radius 1 is 1.05 bits per heavy atom. The Hall–Kier alpha value is -4.56. The zero-order valence-electron chi connectivity index (χ0n) is 22.9. The number of amides is 1. The summed E-state index contributed by atoms with van der Waals surface area (Å²) in [5.41, 5.74) is 5.64. The summed E-state index contributed by atoms with van der Waals surface area (Å²) < 4.78 is 14.3. The molecule has 1 unspecified atom stereocenters. The van der Waals surface area contributed by atoms with Crippen LogP contribution in [0.3, 0.4) is 0 Å². The number of aromatic nitrogens is 2. The summed E-state index contributed by atoms with van der Waals surface area (Å²) in [6.45, 7) is 6.81. The van der Waals surface area contributed by atoms with Crippen molar-refractivity contribution in [2.24, 2.45) is 0 Å². The van der Waals surface area contributed by atoms with Crippen LogP contribution in [0.1, 0.15) is 47.2 Å². The first-order chi connectivity index (χ1) is 19.9. The van der Waals surface area contributed by atoms with Crippen LogP contribution < -0.4 is 5.32 Å². The van der Waals surface area contributed by atoms with Crippen LogP contribution in [-0.4, -0.2) is 50.9 Å². The van der Waals surface area contributed by atoms with E-state index in [0.717, 1.165) is 41.5 Å². The van der Waals surface area contributed by atoms with Crippen molar-refractivity contribution in [2.45, 2.75) is 31.3 Å². The van der Waals surface area contributed by atoms with E-state index in [1.54, 1.807) is 29.3 Å². The van der Waals surface area contributed by atoms with Crippen LogP contribution in [0.25, 0.3) is 16.8 Å². The molecule has 2 aromatic heterocycles. The predicted molar refractivity (Wildman–Crippen MR) is 157 cm³/mol. The highest BCUT2D eigenvalue weighted by molar-refractivity contribution is 5.96. The minimum absolute atomic E-state index is 0.136. The number of piperidine rings is 1. The lowest BCUT2D eigenvalue weighted by molar-refractivity contribution is -0.120. The Morgan fingerprint density at radius 2 is 1.83 bits per heavy atom. The molecule has 41 heavy (non-hydrogen) atoms. The molecule has 0 aliphatic carbocycles. The Bertz CT molecular complexity index is 1580. The highest BCUT2D eigenvalue weighted by Gasteiger charge is 2.37. The standard InChI is InChI=1S/C33H32FN5O2/c1-21-27-17-25(23-8-6-22(7-9-23)24-12-15-38(2)16-13-24)19-36-29(27)20-39(21)32(28-18-26(34)10-11-30(28)40)33(41)37-31-5-3-4-14-35-31/h3-11,14,17-19,24,32,40H,1,12-13,15-16,20H2,2H3,(H,35,37,41). The van der Waals surface area contributed by atoms with Gasteiger partial charge in [0.25, 0.3) is 5.91 Å². The lowest BCUT2D eigenvalue weighted by Crippen LogP contribution is -2.34. The van der Waals surface area contributed by atoms with Crippen molar-refractivity contribution in [3.05, 3.63) is 114 Å². The topological polar surface area (TPSA) is 81.6 Å². The Labute approximate surface area is 239 Å². The van der Waals surface area contributed by atoms with Crippen molar-refractivity contribution in [2.75, 3.05) is 25.5 Å². The number of carbonyl (C=O) groups excluding carboxylic acids is 1. The van der Waals surface area contributed by atoms with E-state index in [4.69, 9.17) is 4.98 Å². The number of benzene rings is 2. The molecule has 7 nitrogen and oxygen atoms in total. The molecule has 4 heterocycles. The van der Waals surface area contributed by atoms with Crippen LogP contribution in [0, 0.1) is 5.82 Å². The molecule has 1 fully saturated rings. The van der Waals surface area contributed by atoms with E-state index in [9.17, 15) is 14.3 Å². The Morgan fingerprint density at radius 3 is 2.56 bits per heavy atom. The van der Waals surface area contributed by atoms with Gasteiger partial charge in [-0.2, -0.15) is 0 Å². The van der Waals surface area contributed by atoms with Crippen LogP contribution in [0.15, 0.2) is 85.7 Å². The summed E-state index contributed by atoms with van der Waals surface area (Å²) >= 11 is 0. The SMILES string of the molecule is C=C1c2cc(-c3ccc(C4CCN(C)CC4)cc3)cnc2CN1C(C(=O)Nc1ccccn1)c1cc(F)ccc1O. The number of phenols is 1. The highest BCUT2D eigenvalue weighted by atomic mass is 19.1. The largest absolute Gasteiger partial charge is 0.508 e. The number of likely N-dealkylation sites (tertiary alicyclic amines) is 1. The number of pyridine rings is 2. The van der Waals surface area contributed by atoms with E-state index >= 15 is 0 Å². The number of nitrogens with zero attached hydrogens (tertiary/aromatic N) is 4. The van der Waals surface area contributed by atoms with Crippen LogP contribution in [-0.2, 0) is 11.3 Å². The van der Waals surface area contributed by atoms with Gasteiger partial charge in [0.15, 0.2) is 0 Å². The van der Waals surface area contributed by atoms with Gasteiger partial charge in [0, 0.05) is 34.8 Å². The molecular formula is C33H32FN5O2. The number of halogens is 1. The van der Waals surface area contributed by atoms with Crippen molar-refractivity contribution in [1.82, 2.24) is 19.8 Å². The minimum Gasteiger partial charge on any atom is -0.508 e.